The van der Waals surface area contributed by atoms with Crippen LogP contribution in [-0.4, -0.2) is 21.5 Å². The van der Waals surface area contributed by atoms with E-state index < -0.39 is 6.43 Å². The van der Waals surface area contributed by atoms with E-state index in [2.05, 4.69) is 10.3 Å². The van der Waals surface area contributed by atoms with Gasteiger partial charge < -0.3 is 5.73 Å². The van der Waals surface area contributed by atoms with Gasteiger partial charge in [-0.1, -0.05) is 5.21 Å². The highest BCUT2D eigenvalue weighted by molar-refractivity contribution is 5.12. The van der Waals surface area contributed by atoms with Crippen LogP contribution < -0.4 is 5.73 Å². The van der Waals surface area contributed by atoms with Crippen molar-refractivity contribution in [1.82, 2.24) is 15.0 Å². The maximum absolute atomic E-state index is 12.8. The van der Waals surface area contributed by atoms with Crippen LogP contribution in [0.1, 0.15) is 30.7 Å². The molecule has 4 nitrogen and oxygen atoms in total. The monoisotopic (exact) mass is 216 g/mol. The summed E-state index contributed by atoms with van der Waals surface area (Å²) in [5.41, 5.74) is 5.62. The summed E-state index contributed by atoms with van der Waals surface area (Å²) in [7, 11) is 0. The normalized spacial score (nSPS) is 16.3. The van der Waals surface area contributed by atoms with Gasteiger partial charge in [-0.15, -0.1) is 5.10 Å². The van der Waals surface area contributed by atoms with Gasteiger partial charge in [-0.3, -0.25) is 0 Å². The molecule has 0 saturated heterocycles. The Bertz CT molecular complexity index is 333. The molecule has 1 aliphatic rings. The van der Waals surface area contributed by atoms with Crippen LogP contribution in [0.25, 0.3) is 0 Å². The van der Waals surface area contributed by atoms with Gasteiger partial charge in [-0.25, -0.2) is 13.5 Å². The number of rotatable bonds is 5. The van der Waals surface area contributed by atoms with Crippen LogP contribution in [0.4, 0.5) is 8.78 Å². The average molecular weight is 216 g/mol. The number of alkyl halides is 2. The first kappa shape index (κ1) is 10.5. The Balaban J connectivity index is 2.19. The van der Waals surface area contributed by atoms with E-state index in [4.69, 9.17) is 5.73 Å². The number of nitrogens with zero attached hydrogens (tertiary/aromatic N) is 3. The van der Waals surface area contributed by atoms with Crippen molar-refractivity contribution in [3.05, 3.63) is 11.4 Å². The Hall–Kier alpha value is -1.04. The molecule has 0 spiro atoms. The van der Waals surface area contributed by atoms with Gasteiger partial charge in [0, 0.05) is 13.0 Å². The van der Waals surface area contributed by atoms with E-state index in [0.29, 0.717) is 31.1 Å². The Labute approximate surface area is 86.4 Å². The molecule has 2 rings (SSSR count). The van der Waals surface area contributed by atoms with Crippen LogP contribution in [0.15, 0.2) is 0 Å². The molecule has 1 aliphatic carbocycles. The second-order valence-corrected chi connectivity index (χ2v) is 3.89. The summed E-state index contributed by atoms with van der Waals surface area (Å²) < 4.78 is 26.9. The van der Waals surface area contributed by atoms with E-state index in [0.717, 1.165) is 12.8 Å². The summed E-state index contributed by atoms with van der Waals surface area (Å²) in [5.74, 6) is 0.509. The van der Waals surface area contributed by atoms with Crippen molar-refractivity contribution in [1.29, 1.82) is 0 Å². The third-order valence-electron chi connectivity index (χ3n) is 2.56. The first-order valence-corrected chi connectivity index (χ1v) is 5.13. The molecular weight excluding hydrogens is 202 g/mol. The van der Waals surface area contributed by atoms with E-state index in [-0.39, 0.29) is 5.69 Å². The van der Waals surface area contributed by atoms with Crippen molar-refractivity contribution in [2.24, 2.45) is 11.7 Å². The van der Waals surface area contributed by atoms with Gasteiger partial charge in [0.05, 0.1) is 5.69 Å². The second kappa shape index (κ2) is 4.22. The molecule has 84 valence electrons. The molecule has 0 amide bonds. The number of hydrogen-bond donors (Lipinski definition) is 1. The standard InChI is InChI=1S/C9H14F2N4/c10-9(11)8-7(3-4-12)13-14-15(8)5-6-1-2-6/h6,9H,1-5,12H2. The lowest BCUT2D eigenvalue weighted by Gasteiger charge is -2.05. The molecule has 0 radical (unpaired) electrons. The molecule has 0 bridgehead atoms. The smallest absolute Gasteiger partial charge is 0.281 e. The summed E-state index contributed by atoms with van der Waals surface area (Å²) in [6, 6.07) is 0. The van der Waals surface area contributed by atoms with E-state index in [9.17, 15) is 8.78 Å². The van der Waals surface area contributed by atoms with Crippen LogP contribution in [-0.2, 0) is 13.0 Å². The second-order valence-electron chi connectivity index (χ2n) is 3.89. The molecule has 6 heteroatoms. The molecule has 1 aromatic heterocycles. The molecule has 1 heterocycles. The van der Waals surface area contributed by atoms with Gasteiger partial charge in [0.25, 0.3) is 6.43 Å². The SMILES string of the molecule is NCCc1nnn(CC2CC2)c1C(F)F. The Morgan fingerprint density at radius 3 is 2.73 bits per heavy atom. The third kappa shape index (κ3) is 2.31. The lowest BCUT2D eigenvalue weighted by Crippen LogP contribution is -2.10. The zero-order valence-corrected chi connectivity index (χ0v) is 8.37. The minimum Gasteiger partial charge on any atom is -0.330 e. The number of nitrogens with two attached hydrogens (primary N) is 1. The maximum Gasteiger partial charge on any atom is 0.281 e. The lowest BCUT2D eigenvalue weighted by atomic mass is 10.2. The van der Waals surface area contributed by atoms with Gasteiger partial charge >= 0.3 is 0 Å². The highest BCUT2D eigenvalue weighted by Gasteiger charge is 2.27. The van der Waals surface area contributed by atoms with Crippen molar-refractivity contribution >= 4 is 0 Å². The molecule has 1 fully saturated rings. The van der Waals surface area contributed by atoms with Gasteiger partial charge in [0.2, 0.25) is 0 Å². The van der Waals surface area contributed by atoms with Crippen molar-refractivity contribution < 1.29 is 8.78 Å². The van der Waals surface area contributed by atoms with Crippen LogP contribution in [0, 0.1) is 5.92 Å². The Morgan fingerprint density at radius 1 is 1.47 bits per heavy atom. The molecule has 1 saturated carbocycles. The zero-order chi connectivity index (χ0) is 10.8. The molecular formula is C9H14F2N4. The van der Waals surface area contributed by atoms with Crippen molar-refractivity contribution in [3.63, 3.8) is 0 Å². The largest absolute Gasteiger partial charge is 0.330 e. The number of halogens is 2. The van der Waals surface area contributed by atoms with E-state index >= 15 is 0 Å². The summed E-state index contributed by atoms with van der Waals surface area (Å²) >= 11 is 0. The van der Waals surface area contributed by atoms with E-state index in [1.165, 1.54) is 4.68 Å². The highest BCUT2D eigenvalue weighted by atomic mass is 19.3. The molecule has 0 atom stereocenters. The van der Waals surface area contributed by atoms with Crippen LogP contribution in [0.2, 0.25) is 0 Å². The minimum absolute atomic E-state index is 0.0487. The highest BCUT2D eigenvalue weighted by Crippen LogP contribution is 2.32. The molecule has 2 N–H and O–H groups in total. The van der Waals surface area contributed by atoms with Crippen molar-refractivity contribution in [2.75, 3.05) is 6.54 Å². The molecule has 1 aromatic rings. The summed E-state index contributed by atoms with van der Waals surface area (Å²) in [4.78, 5) is 0. The fourth-order valence-electron chi connectivity index (χ4n) is 1.59. The lowest BCUT2D eigenvalue weighted by molar-refractivity contribution is 0.137. The fraction of sp³-hybridized carbons (Fsp3) is 0.778. The van der Waals surface area contributed by atoms with E-state index in [1.54, 1.807) is 0 Å². The minimum atomic E-state index is -2.51. The third-order valence-corrected chi connectivity index (χ3v) is 2.56. The number of hydrogen-bond acceptors (Lipinski definition) is 3. The van der Waals surface area contributed by atoms with E-state index in [1.807, 2.05) is 0 Å². The zero-order valence-electron chi connectivity index (χ0n) is 8.37. The molecule has 0 unspecified atom stereocenters. The first-order valence-electron chi connectivity index (χ1n) is 5.13. The predicted octanol–water partition coefficient (Wildman–Crippen LogP) is 1.13. The molecule has 0 aliphatic heterocycles. The first-order chi connectivity index (χ1) is 7.22. The predicted molar refractivity (Wildman–Crippen MR) is 50.5 cm³/mol. The van der Waals surface area contributed by atoms with Crippen molar-refractivity contribution in [3.8, 4) is 0 Å². The quantitative estimate of drug-likeness (QED) is 0.802. The Morgan fingerprint density at radius 2 is 2.20 bits per heavy atom. The van der Waals surface area contributed by atoms with Gasteiger partial charge in [0.1, 0.15) is 5.69 Å². The van der Waals surface area contributed by atoms with Gasteiger partial charge in [0.15, 0.2) is 0 Å². The van der Waals surface area contributed by atoms with Crippen LogP contribution in [0.5, 0.6) is 0 Å². The van der Waals surface area contributed by atoms with Gasteiger partial charge in [-0.2, -0.15) is 0 Å². The van der Waals surface area contributed by atoms with Crippen LogP contribution >= 0.6 is 0 Å². The topological polar surface area (TPSA) is 56.7 Å². The summed E-state index contributed by atoms with van der Waals surface area (Å²) in [6.45, 7) is 0.888. The van der Waals surface area contributed by atoms with Crippen molar-refractivity contribution in [2.45, 2.75) is 32.2 Å². The number of aromatic nitrogens is 3. The Kier molecular flexibility index (Phi) is 2.95. The summed E-state index contributed by atoms with van der Waals surface area (Å²) in [6.07, 6.45) is 0.0636. The summed E-state index contributed by atoms with van der Waals surface area (Å²) in [5, 5.41) is 7.53. The molecule has 0 aromatic carbocycles. The fourth-order valence-corrected chi connectivity index (χ4v) is 1.59. The average Bonchev–Trinajstić information content (AvgIpc) is 2.88. The van der Waals surface area contributed by atoms with Crippen LogP contribution in [0.3, 0.4) is 0 Å². The van der Waals surface area contributed by atoms with Gasteiger partial charge in [-0.05, 0) is 25.3 Å². The maximum atomic E-state index is 12.8. The molecule has 15 heavy (non-hydrogen) atoms.